The molecule has 0 saturated carbocycles. The summed E-state index contributed by atoms with van der Waals surface area (Å²) < 4.78 is 0. The van der Waals surface area contributed by atoms with Gasteiger partial charge in [-0.3, -0.25) is 0 Å². The van der Waals surface area contributed by atoms with Crippen LogP contribution in [0.1, 0.15) is 6.42 Å². The van der Waals surface area contributed by atoms with Gasteiger partial charge >= 0.3 is 0 Å². The molecule has 0 aliphatic heterocycles. The molecule has 1 unspecified atom stereocenters. The normalized spacial score (nSPS) is 12.0. The van der Waals surface area contributed by atoms with Gasteiger partial charge in [-0.15, -0.1) is 23.4 Å². The van der Waals surface area contributed by atoms with E-state index in [1.807, 2.05) is 18.2 Å². The quantitative estimate of drug-likeness (QED) is 0.565. The summed E-state index contributed by atoms with van der Waals surface area (Å²) >= 11 is 7.39. The number of hydrogen-bond donors (Lipinski definition) is 0. The average Bonchev–Trinajstić information content (AvgIpc) is 2.26. The largest absolute Gasteiger partial charge is 0.198 e. The van der Waals surface area contributed by atoms with Crippen molar-refractivity contribution >= 4 is 23.4 Å². The zero-order chi connectivity index (χ0) is 10.2. The summed E-state index contributed by atoms with van der Waals surface area (Å²) in [5.41, 5.74) is 0. The van der Waals surface area contributed by atoms with Crippen molar-refractivity contribution in [1.82, 2.24) is 0 Å². The van der Waals surface area contributed by atoms with Crippen LogP contribution in [0.25, 0.3) is 0 Å². The lowest BCUT2D eigenvalue weighted by atomic mass is 10.1. The number of hydrogen-bond acceptors (Lipinski definition) is 2. The van der Waals surface area contributed by atoms with Crippen LogP contribution < -0.4 is 0 Å². The van der Waals surface area contributed by atoms with Gasteiger partial charge in [-0.05, 0) is 24.3 Å². The van der Waals surface area contributed by atoms with Crippen LogP contribution in [-0.2, 0) is 0 Å². The number of thioether (sulfide) groups is 1. The Hall–Kier alpha value is -0.650. The van der Waals surface area contributed by atoms with Crippen LogP contribution in [0, 0.1) is 17.2 Å². The third-order valence-corrected chi connectivity index (χ3v) is 3.26. The van der Waals surface area contributed by atoms with Crippen molar-refractivity contribution in [3.8, 4) is 6.07 Å². The van der Waals surface area contributed by atoms with Crippen molar-refractivity contribution in [2.24, 2.45) is 5.92 Å². The molecule has 0 bridgehead atoms. The molecule has 1 rings (SSSR count). The Morgan fingerprint density at radius 2 is 2.07 bits per heavy atom. The van der Waals surface area contributed by atoms with E-state index >= 15 is 0 Å². The van der Waals surface area contributed by atoms with Crippen molar-refractivity contribution in [1.29, 1.82) is 5.26 Å². The second-order valence-electron chi connectivity index (χ2n) is 2.93. The molecule has 0 N–H and O–H groups in total. The van der Waals surface area contributed by atoms with Gasteiger partial charge in [-0.2, -0.15) is 5.26 Å². The highest BCUT2D eigenvalue weighted by atomic mass is 35.5. The van der Waals surface area contributed by atoms with Gasteiger partial charge in [0, 0.05) is 10.8 Å². The molecule has 1 aromatic carbocycles. The number of alkyl halides is 1. The van der Waals surface area contributed by atoms with E-state index in [4.69, 9.17) is 16.9 Å². The smallest absolute Gasteiger partial charge is 0.0668 e. The summed E-state index contributed by atoms with van der Waals surface area (Å²) in [4.78, 5) is 1.25. The zero-order valence-corrected chi connectivity index (χ0v) is 9.39. The number of nitriles is 1. The van der Waals surface area contributed by atoms with Gasteiger partial charge < -0.3 is 0 Å². The van der Waals surface area contributed by atoms with E-state index in [1.165, 1.54) is 4.90 Å². The molecular formula is C11H12ClNS. The molecule has 1 nitrogen and oxygen atoms in total. The maximum atomic E-state index is 8.68. The summed E-state index contributed by atoms with van der Waals surface area (Å²) in [6, 6.07) is 12.4. The third-order valence-electron chi connectivity index (χ3n) is 1.85. The fraction of sp³-hybridized carbons (Fsp3) is 0.364. The highest BCUT2D eigenvalue weighted by Gasteiger charge is 2.04. The maximum Gasteiger partial charge on any atom is 0.0668 e. The van der Waals surface area contributed by atoms with Crippen LogP contribution in [0.15, 0.2) is 35.2 Å². The van der Waals surface area contributed by atoms with Gasteiger partial charge in [0.2, 0.25) is 0 Å². The first kappa shape index (κ1) is 11.4. The summed E-state index contributed by atoms with van der Waals surface area (Å²) in [6.45, 7) is 0. The first-order valence-corrected chi connectivity index (χ1v) is 6.02. The molecule has 0 amide bonds. The first-order chi connectivity index (χ1) is 6.86. The van der Waals surface area contributed by atoms with Crippen LogP contribution in [0.3, 0.4) is 0 Å². The van der Waals surface area contributed by atoms with Crippen molar-refractivity contribution in [3.63, 3.8) is 0 Å². The molecule has 0 aliphatic carbocycles. The molecule has 0 fully saturated rings. The highest BCUT2D eigenvalue weighted by Crippen LogP contribution is 2.20. The molecule has 0 heterocycles. The van der Waals surface area contributed by atoms with Gasteiger partial charge in [0.15, 0.2) is 0 Å². The Bertz CT molecular complexity index is 294. The van der Waals surface area contributed by atoms with Gasteiger partial charge in [0.05, 0.1) is 12.0 Å². The van der Waals surface area contributed by atoms with Crippen molar-refractivity contribution in [3.05, 3.63) is 30.3 Å². The minimum atomic E-state index is -0.00659. The molecule has 0 aromatic heterocycles. The van der Waals surface area contributed by atoms with Crippen molar-refractivity contribution in [2.75, 3.05) is 11.6 Å². The number of halogens is 1. The van der Waals surface area contributed by atoms with E-state index in [9.17, 15) is 0 Å². The van der Waals surface area contributed by atoms with Crippen LogP contribution in [0.4, 0.5) is 0 Å². The molecule has 14 heavy (non-hydrogen) atoms. The van der Waals surface area contributed by atoms with E-state index < -0.39 is 0 Å². The summed E-state index contributed by atoms with van der Waals surface area (Å²) in [5, 5.41) is 8.68. The maximum absolute atomic E-state index is 8.68. The molecule has 0 aliphatic rings. The monoisotopic (exact) mass is 225 g/mol. The molecule has 0 saturated heterocycles. The topological polar surface area (TPSA) is 23.8 Å². The predicted octanol–water partition coefficient (Wildman–Crippen LogP) is 3.55. The van der Waals surface area contributed by atoms with Crippen LogP contribution in [0.2, 0.25) is 0 Å². The second kappa shape index (κ2) is 6.75. The molecule has 0 radical (unpaired) electrons. The van der Waals surface area contributed by atoms with Gasteiger partial charge in [-0.25, -0.2) is 0 Å². The minimum Gasteiger partial charge on any atom is -0.198 e. The first-order valence-electron chi connectivity index (χ1n) is 4.50. The minimum absolute atomic E-state index is 0.00659. The fourth-order valence-electron chi connectivity index (χ4n) is 1.01. The molecule has 1 atom stereocenters. The Kier molecular flexibility index (Phi) is 5.51. The van der Waals surface area contributed by atoms with Crippen molar-refractivity contribution < 1.29 is 0 Å². The van der Waals surface area contributed by atoms with Crippen LogP contribution in [0.5, 0.6) is 0 Å². The van der Waals surface area contributed by atoms with E-state index in [0.29, 0.717) is 5.88 Å². The van der Waals surface area contributed by atoms with E-state index in [2.05, 4.69) is 18.2 Å². The SMILES string of the molecule is N#CC(CCl)CCSc1ccccc1. The summed E-state index contributed by atoms with van der Waals surface area (Å²) in [6.07, 6.45) is 0.861. The Labute approximate surface area is 94.1 Å². The van der Waals surface area contributed by atoms with Crippen LogP contribution in [-0.4, -0.2) is 11.6 Å². The number of nitrogens with zero attached hydrogens (tertiary/aromatic N) is 1. The summed E-state index contributed by atoms with van der Waals surface area (Å²) in [7, 11) is 0. The fourth-order valence-corrected chi connectivity index (χ4v) is 2.22. The van der Waals surface area contributed by atoms with E-state index in [-0.39, 0.29) is 5.92 Å². The van der Waals surface area contributed by atoms with E-state index in [1.54, 1.807) is 11.8 Å². The van der Waals surface area contributed by atoms with E-state index in [0.717, 1.165) is 12.2 Å². The third kappa shape index (κ3) is 4.04. The lowest BCUT2D eigenvalue weighted by Gasteiger charge is -2.04. The predicted molar refractivity (Wildman–Crippen MR) is 61.6 cm³/mol. The zero-order valence-electron chi connectivity index (χ0n) is 7.82. The van der Waals surface area contributed by atoms with Gasteiger partial charge in [0.1, 0.15) is 0 Å². The lowest BCUT2D eigenvalue weighted by Crippen LogP contribution is -1.99. The highest BCUT2D eigenvalue weighted by molar-refractivity contribution is 7.99. The lowest BCUT2D eigenvalue weighted by molar-refractivity contribution is 0.728. The molecule has 74 valence electrons. The number of rotatable bonds is 5. The Morgan fingerprint density at radius 3 is 2.64 bits per heavy atom. The Morgan fingerprint density at radius 1 is 1.36 bits per heavy atom. The summed E-state index contributed by atoms with van der Waals surface area (Å²) in [5.74, 6) is 1.38. The molecule has 0 spiro atoms. The van der Waals surface area contributed by atoms with Gasteiger partial charge in [0.25, 0.3) is 0 Å². The molecular weight excluding hydrogens is 214 g/mol. The number of benzene rings is 1. The molecule has 1 aromatic rings. The van der Waals surface area contributed by atoms with Crippen molar-refractivity contribution in [2.45, 2.75) is 11.3 Å². The molecule has 3 heteroatoms. The average molecular weight is 226 g/mol. The standard InChI is InChI=1S/C11H12ClNS/c12-8-10(9-13)6-7-14-11-4-2-1-3-5-11/h1-5,10H,6-8H2. The Balaban J connectivity index is 2.26. The van der Waals surface area contributed by atoms with Gasteiger partial charge in [-0.1, -0.05) is 18.2 Å². The van der Waals surface area contributed by atoms with Crippen LogP contribution >= 0.6 is 23.4 Å². The second-order valence-corrected chi connectivity index (χ2v) is 4.41.